The highest BCUT2D eigenvalue weighted by Gasteiger charge is 2.63. The van der Waals surface area contributed by atoms with Crippen LogP contribution in [0.2, 0.25) is 5.15 Å². The van der Waals surface area contributed by atoms with Crippen LogP contribution in [0, 0.1) is 0 Å². The van der Waals surface area contributed by atoms with Crippen molar-refractivity contribution in [2.24, 2.45) is 0 Å². The maximum atomic E-state index is 13.4. The van der Waals surface area contributed by atoms with Crippen molar-refractivity contribution >= 4 is 55.0 Å². The fourth-order valence-corrected chi connectivity index (χ4v) is 9.06. The molecule has 1 aliphatic carbocycles. The van der Waals surface area contributed by atoms with Crippen molar-refractivity contribution in [1.82, 2.24) is 24.4 Å². The number of thiophene rings is 1. The fourth-order valence-electron chi connectivity index (χ4n) is 6.34. The van der Waals surface area contributed by atoms with Crippen molar-refractivity contribution in [1.29, 1.82) is 0 Å². The average molecular weight is 552 g/mol. The lowest BCUT2D eigenvalue weighted by molar-refractivity contribution is -0.144. The topological polar surface area (TPSA) is 103 Å². The average Bonchev–Trinajstić information content (AvgIpc) is 3.27. The number of likely N-dealkylation sites (tertiary alicyclic amines) is 3. The molecule has 0 bridgehead atoms. The molecular weight excluding hydrogens is 522 g/mol. The summed E-state index contributed by atoms with van der Waals surface area (Å²) in [5, 5.41) is 0.290. The first kappa shape index (κ1) is 24.5. The van der Waals surface area contributed by atoms with Crippen LogP contribution in [-0.4, -0.2) is 90.3 Å². The Hall–Kier alpha value is -1.79. The molecule has 1 saturated carbocycles. The first-order valence-electron chi connectivity index (χ1n) is 12.7. The van der Waals surface area contributed by atoms with Crippen LogP contribution >= 0.6 is 22.9 Å². The van der Waals surface area contributed by atoms with E-state index in [-0.39, 0.29) is 33.3 Å². The summed E-state index contributed by atoms with van der Waals surface area (Å²) in [6, 6.07) is 4.38. The van der Waals surface area contributed by atoms with Crippen molar-refractivity contribution in [3.8, 4) is 0 Å². The van der Waals surface area contributed by atoms with Gasteiger partial charge < -0.3 is 9.80 Å². The number of hydrogen-bond acceptors (Lipinski definition) is 7. The molecule has 2 amide bonds. The summed E-state index contributed by atoms with van der Waals surface area (Å²) >= 11 is 7.02. The van der Waals surface area contributed by atoms with E-state index in [0.717, 1.165) is 50.2 Å². The van der Waals surface area contributed by atoms with Gasteiger partial charge in [-0.1, -0.05) is 11.6 Å². The van der Waals surface area contributed by atoms with E-state index in [1.165, 1.54) is 23.8 Å². The molecule has 12 heteroatoms. The summed E-state index contributed by atoms with van der Waals surface area (Å²) in [6.07, 6.45) is 6.56. The maximum absolute atomic E-state index is 13.4. The number of rotatable bonds is 6. The van der Waals surface area contributed by atoms with E-state index >= 15 is 0 Å². The van der Waals surface area contributed by atoms with Gasteiger partial charge in [0.25, 0.3) is 10.0 Å². The van der Waals surface area contributed by atoms with Crippen molar-refractivity contribution < 1.29 is 18.0 Å². The second-order valence-electron chi connectivity index (χ2n) is 10.4. The monoisotopic (exact) mass is 551 g/mol. The molecular formula is C24H30ClN5O4S2. The van der Waals surface area contributed by atoms with Gasteiger partial charge in [-0.3, -0.25) is 14.5 Å². The Morgan fingerprint density at radius 1 is 1.17 bits per heavy atom. The van der Waals surface area contributed by atoms with Crippen LogP contribution in [0.25, 0.3) is 10.2 Å². The van der Waals surface area contributed by atoms with Crippen molar-refractivity contribution in [3.63, 3.8) is 0 Å². The van der Waals surface area contributed by atoms with Crippen LogP contribution in [-0.2, 0) is 19.6 Å². The standard InChI is InChI=1S/C24H30ClN5O4S2/c25-20-7-6-18-17(26-20)13-22(35-18)36(33,34)27-16-5-3-11-29(23(16)32)15-21(31)30-12-4-8-24(30)14-19(24)28-9-1-2-10-28/h6-7,13,16,19,27H,1-5,8-12,14-15H2/t16-,19-,24?/m0/s1. The van der Waals surface area contributed by atoms with Gasteiger partial charge in [-0.05, 0) is 76.2 Å². The zero-order valence-electron chi connectivity index (χ0n) is 20.0. The van der Waals surface area contributed by atoms with E-state index in [0.29, 0.717) is 35.6 Å². The summed E-state index contributed by atoms with van der Waals surface area (Å²) < 4.78 is 29.5. The number of aromatic nitrogens is 1. The number of sulfonamides is 1. The fraction of sp³-hybridized carbons (Fsp3) is 0.625. The number of piperidine rings is 1. The van der Waals surface area contributed by atoms with Gasteiger partial charge in [0.2, 0.25) is 11.8 Å². The van der Waals surface area contributed by atoms with Gasteiger partial charge in [-0.2, -0.15) is 4.72 Å². The third-order valence-corrected chi connectivity index (χ3v) is 11.4. The van der Waals surface area contributed by atoms with Gasteiger partial charge in [-0.25, -0.2) is 13.4 Å². The minimum Gasteiger partial charge on any atom is -0.334 e. The summed E-state index contributed by atoms with van der Waals surface area (Å²) in [5.74, 6) is -0.348. The number of pyridine rings is 1. The zero-order valence-corrected chi connectivity index (χ0v) is 22.4. The number of halogens is 1. The predicted octanol–water partition coefficient (Wildman–Crippen LogP) is 2.45. The first-order valence-corrected chi connectivity index (χ1v) is 15.4. The molecule has 3 atom stereocenters. The molecule has 4 aliphatic rings. The van der Waals surface area contributed by atoms with Crippen LogP contribution in [0.5, 0.6) is 0 Å². The number of hydrogen-bond donors (Lipinski definition) is 1. The molecule has 1 N–H and O–H groups in total. The highest BCUT2D eigenvalue weighted by atomic mass is 35.5. The van der Waals surface area contributed by atoms with E-state index in [2.05, 4.69) is 14.6 Å². The van der Waals surface area contributed by atoms with Gasteiger partial charge in [-0.15, -0.1) is 11.3 Å². The second-order valence-corrected chi connectivity index (χ2v) is 13.8. The number of fused-ring (bicyclic) bond motifs is 1. The Morgan fingerprint density at radius 3 is 2.78 bits per heavy atom. The van der Waals surface area contributed by atoms with Crippen LogP contribution in [0.3, 0.4) is 0 Å². The Bertz CT molecular complexity index is 1310. The molecule has 1 unspecified atom stereocenters. The highest BCUT2D eigenvalue weighted by Crippen LogP contribution is 2.53. The van der Waals surface area contributed by atoms with E-state index in [4.69, 9.17) is 11.6 Å². The number of carbonyl (C=O) groups excluding carboxylic acids is 2. The largest absolute Gasteiger partial charge is 0.334 e. The molecule has 2 aromatic heterocycles. The molecule has 1 spiro atoms. The Labute approximate surface area is 219 Å². The van der Waals surface area contributed by atoms with Crippen LogP contribution in [0.1, 0.15) is 44.9 Å². The number of nitrogens with one attached hydrogen (secondary N) is 1. The summed E-state index contributed by atoms with van der Waals surface area (Å²) in [6.45, 7) is 3.44. The Morgan fingerprint density at radius 2 is 1.97 bits per heavy atom. The molecule has 3 aliphatic heterocycles. The van der Waals surface area contributed by atoms with Gasteiger partial charge in [0.05, 0.1) is 22.3 Å². The zero-order chi connectivity index (χ0) is 25.1. The van der Waals surface area contributed by atoms with Gasteiger partial charge >= 0.3 is 0 Å². The quantitative estimate of drug-likeness (QED) is 0.553. The molecule has 3 saturated heterocycles. The number of carbonyl (C=O) groups is 2. The molecule has 194 valence electrons. The number of nitrogens with zero attached hydrogens (tertiary/aromatic N) is 4. The van der Waals surface area contributed by atoms with Crippen LogP contribution in [0.4, 0.5) is 0 Å². The molecule has 0 radical (unpaired) electrons. The van der Waals surface area contributed by atoms with E-state index in [1.807, 2.05) is 4.90 Å². The molecule has 9 nitrogen and oxygen atoms in total. The summed E-state index contributed by atoms with van der Waals surface area (Å²) in [5.41, 5.74) is 0.446. The summed E-state index contributed by atoms with van der Waals surface area (Å²) in [7, 11) is -3.92. The minimum atomic E-state index is -3.92. The lowest BCUT2D eigenvalue weighted by Gasteiger charge is -2.35. The third-order valence-electron chi connectivity index (χ3n) is 8.15. The Balaban J connectivity index is 1.12. The van der Waals surface area contributed by atoms with E-state index in [1.54, 1.807) is 12.1 Å². The molecule has 0 aromatic carbocycles. The third kappa shape index (κ3) is 4.32. The van der Waals surface area contributed by atoms with Crippen molar-refractivity contribution in [2.75, 3.05) is 32.7 Å². The SMILES string of the molecule is O=C1[C@@H](NS(=O)(=O)c2cc3nc(Cl)ccc3s2)CCCN1CC(=O)N1CCCC12C[C@@H]2N1CCCC1. The summed E-state index contributed by atoms with van der Waals surface area (Å²) in [4.78, 5) is 36.9. The van der Waals surface area contributed by atoms with Crippen molar-refractivity contribution in [2.45, 2.75) is 66.8 Å². The number of amides is 2. The van der Waals surface area contributed by atoms with Gasteiger partial charge in [0, 0.05) is 19.1 Å². The smallest absolute Gasteiger partial charge is 0.250 e. The van der Waals surface area contributed by atoms with Gasteiger partial charge in [0.1, 0.15) is 15.4 Å². The lowest BCUT2D eigenvalue weighted by Crippen LogP contribution is -2.55. The molecule has 5 heterocycles. The van der Waals surface area contributed by atoms with Crippen LogP contribution in [0.15, 0.2) is 22.4 Å². The molecule has 4 fully saturated rings. The van der Waals surface area contributed by atoms with E-state index in [9.17, 15) is 18.0 Å². The second kappa shape index (κ2) is 9.20. The van der Waals surface area contributed by atoms with E-state index < -0.39 is 16.1 Å². The molecule has 6 rings (SSSR count). The normalized spacial score (nSPS) is 29.1. The minimum absolute atomic E-state index is 0.0108. The first-order chi connectivity index (χ1) is 17.3. The lowest BCUT2D eigenvalue weighted by atomic mass is 10.1. The van der Waals surface area contributed by atoms with Crippen LogP contribution < -0.4 is 4.72 Å². The highest BCUT2D eigenvalue weighted by molar-refractivity contribution is 7.91. The van der Waals surface area contributed by atoms with Gasteiger partial charge in [0.15, 0.2) is 0 Å². The molecule has 2 aromatic rings. The maximum Gasteiger partial charge on any atom is 0.250 e. The predicted molar refractivity (Wildman–Crippen MR) is 137 cm³/mol. The van der Waals surface area contributed by atoms with Crippen molar-refractivity contribution in [3.05, 3.63) is 23.4 Å². The Kier molecular flexibility index (Phi) is 6.27. The molecule has 36 heavy (non-hydrogen) atoms.